The van der Waals surface area contributed by atoms with Gasteiger partial charge in [0.25, 0.3) is 5.91 Å². The fourth-order valence-electron chi connectivity index (χ4n) is 3.72. The molecule has 2 aliphatic rings. The third-order valence-electron chi connectivity index (χ3n) is 4.67. The molecule has 1 aliphatic carbocycles. The molecule has 1 saturated heterocycles. The molecule has 1 aliphatic heterocycles. The second kappa shape index (κ2) is 5.91. The number of carbonyl (C=O) groups excluding carboxylic acids is 1. The van der Waals surface area contributed by atoms with Gasteiger partial charge in [-0.25, -0.2) is 0 Å². The highest BCUT2D eigenvalue weighted by molar-refractivity contribution is 5.95. The highest BCUT2D eigenvalue weighted by Crippen LogP contribution is 2.38. The smallest absolute Gasteiger partial charge is 0.253 e. The van der Waals surface area contributed by atoms with E-state index in [0.29, 0.717) is 6.54 Å². The van der Waals surface area contributed by atoms with E-state index in [-0.39, 0.29) is 5.91 Å². The summed E-state index contributed by atoms with van der Waals surface area (Å²) in [6, 6.07) is 5.86. The Balaban J connectivity index is 1.80. The van der Waals surface area contributed by atoms with E-state index in [2.05, 4.69) is 11.8 Å². The molecule has 0 aromatic heterocycles. The van der Waals surface area contributed by atoms with Crippen molar-refractivity contribution in [3.63, 3.8) is 0 Å². The fraction of sp³-hybridized carbons (Fsp3) is 0.500. The first kappa shape index (κ1) is 14.2. The molecule has 2 unspecified atom stereocenters. The highest BCUT2D eigenvalue weighted by atomic mass is 16.2. The Morgan fingerprint density at radius 3 is 2.67 bits per heavy atom. The van der Waals surface area contributed by atoms with Crippen LogP contribution in [-0.2, 0) is 0 Å². The molecule has 2 atom stereocenters. The predicted molar refractivity (Wildman–Crippen MR) is 83.8 cm³/mol. The molecular weight excluding hydrogens is 260 g/mol. The van der Waals surface area contributed by atoms with Crippen molar-refractivity contribution in [1.82, 2.24) is 4.90 Å². The molecule has 1 heterocycles. The number of carbonyl (C=O) groups is 1. The van der Waals surface area contributed by atoms with Crippen molar-refractivity contribution in [2.45, 2.75) is 26.2 Å². The molecule has 0 bridgehead atoms. The SMILES string of the molecule is Cc1cc(C#CCN)cc(C(=O)N2CC3CCCC3C2)c1. The molecule has 1 aromatic carbocycles. The van der Waals surface area contributed by atoms with Gasteiger partial charge in [0.15, 0.2) is 0 Å². The number of rotatable bonds is 1. The third kappa shape index (κ3) is 2.96. The molecule has 1 saturated carbocycles. The van der Waals surface area contributed by atoms with Gasteiger partial charge in [0.05, 0.1) is 6.54 Å². The number of likely N-dealkylation sites (tertiary alicyclic amines) is 1. The van der Waals surface area contributed by atoms with Crippen LogP contribution < -0.4 is 5.73 Å². The first-order chi connectivity index (χ1) is 10.2. The van der Waals surface area contributed by atoms with Crippen molar-refractivity contribution in [3.05, 3.63) is 34.9 Å². The van der Waals surface area contributed by atoms with Gasteiger partial charge in [-0.1, -0.05) is 18.3 Å². The van der Waals surface area contributed by atoms with E-state index in [1.54, 1.807) is 0 Å². The number of aryl methyl sites for hydroxylation is 1. The van der Waals surface area contributed by atoms with Gasteiger partial charge >= 0.3 is 0 Å². The monoisotopic (exact) mass is 282 g/mol. The Labute approximate surface area is 126 Å². The molecule has 0 spiro atoms. The van der Waals surface area contributed by atoms with E-state index in [1.165, 1.54) is 19.3 Å². The summed E-state index contributed by atoms with van der Waals surface area (Å²) in [6.07, 6.45) is 3.91. The van der Waals surface area contributed by atoms with Crippen molar-refractivity contribution in [2.24, 2.45) is 17.6 Å². The van der Waals surface area contributed by atoms with E-state index in [4.69, 9.17) is 5.73 Å². The summed E-state index contributed by atoms with van der Waals surface area (Å²) in [5.41, 5.74) is 8.12. The van der Waals surface area contributed by atoms with E-state index in [0.717, 1.165) is 41.6 Å². The molecule has 2 N–H and O–H groups in total. The lowest BCUT2D eigenvalue weighted by atomic mass is 10.0. The summed E-state index contributed by atoms with van der Waals surface area (Å²) in [4.78, 5) is 14.7. The van der Waals surface area contributed by atoms with Crippen LogP contribution in [0.3, 0.4) is 0 Å². The van der Waals surface area contributed by atoms with Gasteiger partial charge in [0.1, 0.15) is 0 Å². The number of fused-ring (bicyclic) bond motifs is 1. The van der Waals surface area contributed by atoms with E-state index >= 15 is 0 Å². The van der Waals surface area contributed by atoms with Crippen molar-refractivity contribution in [1.29, 1.82) is 0 Å². The van der Waals surface area contributed by atoms with Gasteiger partial charge in [-0.05, 0) is 55.4 Å². The molecule has 110 valence electrons. The molecule has 3 heteroatoms. The zero-order valence-corrected chi connectivity index (χ0v) is 12.6. The Morgan fingerprint density at radius 1 is 1.29 bits per heavy atom. The predicted octanol–water partition coefficient (Wildman–Crippen LogP) is 2.18. The maximum Gasteiger partial charge on any atom is 0.253 e. The lowest BCUT2D eigenvalue weighted by Gasteiger charge is -2.18. The standard InChI is InChI=1S/C18H22N2O/c1-13-8-14(4-3-7-19)10-17(9-13)18(21)20-11-15-5-2-6-16(15)12-20/h8-10,15-16H,2,5-7,11-12,19H2,1H3. The lowest BCUT2D eigenvalue weighted by molar-refractivity contribution is 0.0780. The summed E-state index contributed by atoms with van der Waals surface area (Å²) < 4.78 is 0. The van der Waals surface area contributed by atoms with Crippen LogP contribution in [0.5, 0.6) is 0 Å². The minimum absolute atomic E-state index is 0.156. The first-order valence-corrected chi connectivity index (χ1v) is 7.77. The number of nitrogens with zero attached hydrogens (tertiary/aromatic N) is 1. The van der Waals surface area contributed by atoms with E-state index in [1.807, 2.05) is 30.0 Å². The van der Waals surface area contributed by atoms with Gasteiger partial charge in [0.2, 0.25) is 0 Å². The average Bonchev–Trinajstić information content (AvgIpc) is 3.04. The first-order valence-electron chi connectivity index (χ1n) is 7.77. The summed E-state index contributed by atoms with van der Waals surface area (Å²) in [6.45, 7) is 4.21. The minimum atomic E-state index is 0.156. The van der Waals surface area contributed by atoms with Gasteiger partial charge in [-0.15, -0.1) is 0 Å². The number of benzene rings is 1. The van der Waals surface area contributed by atoms with Crippen LogP contribution in [0.4, 0.5) is 0 Å². The van der Waals surface area contributed by atoms with Gasteiger partial charge < -0.3 is 10.6 Å². The number of hydrogen-bond acceptors (Lipinski definition) is 2. The Bertz CT molecular complexity index is 599. The van der Waals surface area contributed by atoms with Crippen LogP contribution in [0, 0.1) is 30.6 Å². The van der Waals surface area contributed by atoms with Crippen LogP contribution >= 0.6 is 0 Å². The quantitative estimate of drug-likeness (QED) is 0.803. The van der Waals surface area contributed by atoms with E-state index < -0.39 is 0 Å². The van der Waals surface area contributed by atoms with Crippen molar-refractivity contribution >= 4 is 5.91 Å². The highest BCUT2D eigenvalue weighted by Gasteiger charge is 2.38. The fourth-order valence-corrected chi connectivity index (χ4v) is 3.72. The Kier molecular flexibility index (Phi) is 3.98. The zero-order valence-electron chi connectivity index (χ0n) is 12.6. The third-order valence-corrected chi connectivity index (χ3v) is 4.67. The van der Waals surface area contributed by atoms with Crippen molar-refractivity contribution < 1.29 is 4.79 Å². The number of nitrogens with two attached hydrogens (primary N) is 1. The second-order valence-corrected chi connectivity index (χ2v) is 6.25. The van der Waals surface area contributed by atoms with E-state index in [9.17, 15) is 4.79 Å². The van der Waals surface area contributed by atoms with Crippen molar-refractivity contribution in [3.8, 4) is 11.8 Å². The topological polar surface area (TPSA) is 46.3 Å². The number of amides is 1. The molecule has 21 heavy (non-hydrogen) atoms. The Morgan fingerprint density at radius 2 is 2.00 bits per heavy atom. The molecular formula is C18H22N2O. The second-order valence-electron chi connectivity index (χ2n) is 6.25. The molecule has 3 rings (SSSR count). The van der Waals surface area contributed by atoms with Crippen LogP contribution in [0.15, 0.2) is 18.2 Å². The summed E-state index contributed by atoms with van der Waals surface area (Å²) in [5, 5.41) is 0. The lowest BCUT2D eigenvalue weighted by Crippen LogP contribution is -2.29. The van der Waals surface area contributed by atoms with Crippen LogP contribution in [0.25, 0.3) is 0 Å². The summed E-state index contributed by atoms with van der Waals surface area (Å²) in [7, 11) is 0. The van der Waals surface area contributed by atoms with Crippen LogP contribution in [-0.4, -0.2) is 30.4 Å². The van der Waals surface area contributed by atoms with Gasteiger partial charge in [-0.2, -0.15) is 0 Å². The normalized spacial score (nSPS) is 23.6. The maximum atomic E-state index is 12.7. The van der Waals surface area contributed by atoms with Gasteiger partial charge in [-0.3, -0.25) is 4.79 Å². The van der Waals surface area contributed by atoms with Crippen LogP contribution in [0.1, 0.15) is 40.7 Å². The molecule has 2 fully saturated rings. The average molecular weight is 282 g/mol. The van der Waals surface area contributed by atoms with Gasteiger partial charge in [0, 0.05) is 24.2 Å². The Hall–Kier alpha value is -1.79. The minimum Gasteiger partial charge on any atom is -0.338 e. The zero-order chi connectivity index (χ0) is 14.8. The van der Waals surface area contributed by atoms with Crippen molar-refractivity contribution in [2.75, 3.05) is 19.6 Å². The largest absolute Gasteiger partial charge is 0.338 e. The summed E-state index contributed by atoms with van der Waals surface area (Å²) >= 11 is 0. The molecule has 0 radical (unpaired) electrons. The van der Waals surface area contributed by atoms with Crippen LogP contribution in [0.2, 0.25) is 0 Å². The summed E-state index contributed by atoms with van der Waals surface area (Å²) in [5.74, 6) is 7.50. The molecule has 1 aromatic rings. The maximum absolute atomic E-state index is 12.7. The molecule has 1 amide bonds. The molecule has 3 nitrogen and oxygen atoms in total. The number of hydrogen-bond donors (Lipinski definition) is 1.